The second-order valence-electron chi connectivity index (χ2n) is 1.05. The first kappa shape index (κ1) is 6.69. The van der Waals surface area contributed by atoms with Gasteiger partial charge in [-0.3, -0.25) is 0 Å². The fourth-order valence-corrected chi connectivity index (χ4v) is 0.306. The van der Waals surface area contributed by atoms with Crippen LogP contribution >= 0.6 is 0 Å². The third-order valence-electron chi connectivity index (χ3n) is 0.600. The monoisotopic (exact) mass is 119 g/mol. The molecule has 41 valence electrons. The quantitative estimate of drug-likeness (QED) is 0.526. The van der Waals surface area contributed by atoms with E-state index in [9.17, 15) is 8.42 Å². The largest absolute Gasteiger partial charge is 0.224 e. The zero-order chi connectivity index (χ0) is 5.91. The summed E-state index contributed by atoms with van der Waals surface area (Å²) < 4.78 is 20.4. The topological polar surface area (TPSA) is 34.1 Å². The fraction of sp³-hybridized carbons (Fsp3) is 0.500. The highest BCUT2D eigenvalue weighted by Gasteiger charge is 1.96. The van der Waals surface area contributed by atoms with Gasteiger partial charge in [-0.05, 0) is 0 Å². The van der Waals surface area contributed by atoms with Crippen molar-refractivity contribution < 1.29 is 8.42 Å². The minimum absolute atomic E-state index is 0.0938. The first-order valence-electron chi connectivity index (χ1n) is 1.89. The van der Waals surface area contributed by atoms with Gasteiger partial charge in [-0.15, -0.1) is 0 Å². The molecule has 0 amide bonds. The van der Waals surface area contributed by atoms with Gasteiger partial charge in [0.05, 0.1) is 11.2 Å². The molecule has 0 aromatic heterocycles. The van der Waals surface area contributed by atoms with Gasteiger partial charge in [-0.25, -0.2) is 8.42 Å². The maximum Gasteiger partial charge on any atom is 0.178 e. The predicted molar refractivity (Wildman–Crippen MR) is 28.3 cm³/mol. The van der Waals surface area contributed by atoms with Crippen LogP contribution in [-0.2, 0) is 9.84 Å². The van der Waals surface area contributed by atoms with Crippen LogP contribution in [0.5, 0.6) is 0 Å². The Morgan fingerprint density at radius 2 is 2.14 bits per heavy atom. The Hall–Kier alpha value is -0.310. The van der Waals surface area contributed by atoms with Crippen molar-refractivity contribution in [1.29, 1.82) is 0 Å². The second-order valence-corrected chi connectivity index (χ2v) is 3.14. The summed E-state index contributed by atoms with van der Waals surface area (Å²) in [4.78, 5) is 0. The van der Waals surface area contributed by atoms with Gasteiger partial charge in [0.15, 0.2) is 9.84 Å². The lowest BCUT2D eigenvalue weighted by Gasteiger charge is -1.82. The molecule has 0 aliphatic carbocycles. The van der Waals surface area contributed by atoms with E-state index in [-0.39, 0.29) is 5.75 Å². The molecular weight excluding hydrogens is 112 g/mol. The van der Waals surface area contributed by atoms with Gasteiger partial charge in [-0.1, -0.05) is 13.5 Å². The van der Waals surface area contributed by atoms with Crippen LogP contribution in [0.4, 0.5) is 0 Å². The van der Waals surface area contributed by atoms with E-state index in [1.54, 1.807) is 6.92 Å². The maximum atomic E-state index is 10.2. The summed E-state index contributed by atoms with van der Waals surface area (Å²) in [5.41, 5.74) is 0. The van der Waals surface area contributed by atoms with Gasteiger partial charge < -0.3 is 0 Å². The van der Waals surface area contributed by atoms with Crippen molar-refractivity contribution in [3.8, 4) is 0 Å². The normalized spacial score (nSPS) is 11.0. The standard InChI is InChI=1S/C4H7O2S/c1-3-7(5,6)4-2/h1,4H2,2H3. The summed E-state index contributed by atoms with van der Waals surface area (Å²) in [6.07, 6.45) is 0. The minimum atomic E-state index is -3.02. The van der Waals surface area contributed by atoms with Crippen molar-refractivity contribution in [3.05, 3.63) is 12.0 Å². The number of hydrogen-bond acceptors (Lipinski definition) is 2. The van der Waals surface area contributed by atoms with Crippen LogP contribution in [0, 0.1) is 5.41 Å². The molecule has 0 spiro atoms. The van der Waals surface area contributed by atoms with E-state index in [4.69, 9.17) is 0 Å². The Bertz CT molecular complexity index is 143. The molecule has 2 nitrogen and oxygen atoms in total. The third kappa shape index (κ3) is 2.39. The van der Waals surface area contributed by atoms with Crippen LogP contribution in [0.15, 0.2) is 6.58 Å². The maximum absolute atomic E-state index is 10.2. The highest BCUT2D eigenvalue weighted by Crippen LogP contribution is 1.84. The van der Waals surface area contributed by atoms with Gasteiger partial charge in [-0.2, -0.15) is 0 Å². The van der Waals surface area contributed by atoms with E-state index in [0.717, 1.165) is 0 Å². The van der Waals surface area contributed by atoms with Gasteiger partial charge in [0.25, 0.3) is 0 Å². The predicted octanol–water partition coefficient (Wildman–Crippen LogP) is 0.368. The molecular formula is C4H7O2S. The molecule has 0 saturated carbocycles. The smallest absolute Gasteiger partial charge is 0.178 e. The first-order valence-corrected chi connectivity index (χ1v) is 3.54. The summed E-state index contributed by atoms with van der Waals surface area (Å²) in [6, 6.07) is 0. The molecule has 0 aromatic rings. The SMILES string of the molecule is C=[C]S(=O)(=O)CC. The lowest BCUT2D eigenvalue weighted by molar-refractivity contribution is 0.604. The third-order valence-corrected chi connectivity index (χ3v) is 1.80. The molecule has 0 aliphatic heterocycles. The molecule has 0 bridgehead atoms. The zero-order valence-corrected chi connectivity index (χ0v) is 4.96. The van der Waals surface area contributed by atoms with Crippen molar-refractivity contribution in [2.45, 2.75) is 6.92 Å². The Kier molecular flexibility index (Phi) is 2.02. The Morgan fingerprint density at radius 3 is 2.14 bits per heavy atom. The average Bonchev–Trinajstić information content (AvgIpc) is 1.68. The molecule has 0 heterocycles. The minimum Gasteiger partial charge on any atom is -0.224 e. The van der Waals surface area contributed by atoms with Crippen LogP contribution in [-0.4, -0.2) is 14.2 Å². The van der Waals surface area contributed by atoms with E-state index < -0.39 is 9.84 Å². The lowest BCUT2D eigenvalue weighted by atomic mass is 11.0. The fourth-order valence-electron chi connectivity index (χ4n) is 0.102. The van der Waals surface area contributed by atoms with Crippen molar-refractivity contribution in [2.24, 2.45) is 0 Å². The Morgan fingerprint density at radius 1 is 1.71 bits per heavy atom. The molecule has 0 aromatic carbocycles. The van der Waals surface area contributed by atoms with Crippen molar-refractivity contribution in [3.63, 3.8) is 0 Å². The number of rotatable bonds is 2. The first-order chi connectivity index (χ1) is 3.12. The van der Waals surface area contributed by atoms with Crippen molar-refractivity contribution >= 4 is 9.84 Å². The van der Waals surface area contributed by atoms with Gasteiger partial charge in [0.1, 0.15) is 0 Å². The molecule has 0 rings (SSSR count). The molecule has 0 fully saturated rings. The summed E-state index contributed by atoms with van der Waals surface area (Å²) in [5.74, 6) is 0.0938. The number of hydrogen-bond donors (Lipinski definition) is 0. The van der Waals surface area contributed by atoms with E-state index in [1.807, 2.05) is 5.41 Å². The van der Waals surface area contributed by atoms with Crippen LogP contribution in [0.3, 0.4) is 0 Å². The number of sulfone groups is 1. The zero-order valence-electron chi connectivity index (χ0n) is 4.14. The molecule has 0 unspecified atom stereocenters. The van der Waals surface area contributed by atoms with E-state index in [0.29, 0.717) is 0 Å². The van der Waals surface area contributed by atoms with Gasteiger partial charge >= 0.3 is 0 Å². The van der Waals surface area contributed by atoms with Gasteiger partial charge in [0.2, 0.25) is 0 Å². The van der Waals surface area contributed by atoms with Crippen molar-refractivity contribution in [1.82, 2.24) is 0 Å². The highest BCUT2D eigenvalue weighted by molar-refractivity contribution is 7.92. The van der Waals surface area contributed by atoms with Crippen LogP contribution in [0.25, 0.3) is 0 Å². The van der Waals surface area contributed by atoms with Gasteiger partial charge in [0, 0.05) is 0 Å². The molecule has 7 heavy (non-hydrogen) atoms. The average molecular weight is 119 g/mol. The second kappa shape index (κ2) is 2.12. The van der Waals surface area contributed by atoms with E-state index in [1.165, 1.54) is 0 Å². The summed E-state index contributed by atoms with van der Waals surface area (Å²) >= 11 is 0. The molecule has 1 radical (unpaired) electrons. The summed E-state index contributed by atoms with van der Waals surface area (Å²) in [5, 5.41) is 1.91. The van der Waals surface area contributed by atoms with Crippen molar-refractivity contribution in [2.75, 3.05) is 5.75 Å². The van der Waals surface area contributed by atoms with Crippen LogP contribution < -0.4 is 0 Å². The lowest BCUT2D eigenvalue weighted by Crippen LogP contribution is -1.96. The highest BCUT2D eigenvalue weighted by atomic mass is 32.2. The molecule has 0 saturated heterocycles. The molecule has 0 atom stereocenters. The molecule has 3 heteroatoms. The molecule has 0 aliphatic rings. The Balaban J connectivity index is 4.17. The summed E-state index contributed by atoms with van der Waals surface area (Å²) in [7, 11) is -3.02. The Labute approximate surface area is 43.8 Å². The van der Waals surface area contributed by atoms with E-state index >= 15 is 0 Å². The van der Waals surface area contributed by atoms with Crippen LogP contribution in [0.1, 0.15) is 6.92 Å². The summed E-state index contributed by atoms with van der Waals surface area (Å²) in [6.45, 7) is 4.54. The van der Waals surface area contributed by atoms with E-state index in [2.05, 4.69) is 6.58 Å². The molecule has 0 N–H and O–H groups in total. The van der Waals surface area contributed by atoms with Crippen LogP contribution in [0.2, 0.25) is 0 Å².